The van der Waals surface area contributed by atoms with E-state index in [4.69, 9.17) is 18.9 Å². The molecular weight excluding hydrogens is 542 g/mol. The van der Waals surface area contributed by atoms with Gasteiger partial charge in [-0.1, -0.05) is 49.4 Å². The van der Waals surface area contributed by atoms with Gasteiger partial charge >= 0.3 is 5.97 Å². The van der Waals surface area contributed by atoms with Gasteiger partial charge in [0.25, 0.3) is 0 Å². The minimum Gasteiger partial charge on any atom is -0.462 e. The van der Waals surface area contributed by atoms with Gasteiger partial charge in [0.1, 0.15) is 29.4 Å². The highest BCUT2D eigenvalue weighted by Crippen LogP contribution is 2.47. The lowest BCUT2D eigenvalue weighted by molar-refractivity contribution is -0.353. The highest BCUT2D eigenvalue weighted by Gasteiger charge is 2.60. The van der Waals surface area contributed by atoms with Crippen LogP contribution in [0.15, 0.2) is 52.3 Å². The number of aliphatic hydroxyl groups excluding tert-OH is 1. The van der Waals surface area contributed by atoms with E-state index in [9.17, 15) is 25.3 Å². The molecule has 5 aliphatic rings. The molecule has 0 aromatic carbocycles. The molecular formula is C32H45NO9. The van der Waals surface area contributed by atoms with Crippen molar-refractivity contribution in [2.24, 2.45) is 17.0 Å². The summed E-state index contributed by atoms with van der Waals surface area (Å²) in [6.45, 7) is 9.24. The fraction of sp³-hybridized carbons (Fsp3) is 0.688. The molecule has 3 fully saturated rings. The van der Waals surface area contributed by atoms with Crippen molar-refractivity contribution in [2.75, 3.05) is 6.61 Å². The summed E-state index contributed by atoms with van der Waals surface area (Å²) in [5.41, 5.74) is -0.912. The minimum atomic E-state index is -1.83. The first-order valence-corrected chi connectivity index (χ1v) is 15.1. The molecule has 232 valence electrons. The number of allylic oxidation sites excluding steroid dienone is 2. The van der Waals surface area contributed by atoms with Crippen molar-refractivity contribution in [3.63, 3.8) is 0 Å². The summed E-state index contributed by atoms with van der Waals surface area (Å²) in [5, 5.41) is 47.2. The van der Waals surface area contributed by atoms with Crippen LogP contribution in [-0.4, -0.2) is 86.3 Å². The summed E-state index contributed by atoms with van der Waals surface area (Å²) in [5.74, 6) is -3.00. The number of hydrogen-bond acceptors (Lipinski definition) is 10. The molecule has 10 nitrogen and oxygen atoms in total. The van der Waals surface area contributed by atoms with E-state index >= 15 is 0 Å². The zero-order chi connectivity index (χ0) is 30.4. The van der Waals surface area contributed by atoms with Crippen LogP contribution in [0.3, 0.4) is 0 Å². The number of carbonyl (C=O) groups excluding carboxylic acids is 1. The highest BCUT2D eigenvalue weighted by molar-refractivity contribution is 6.06. The lowest BCUT2D eigenvalue weighted by atomic mass is 9.71. The SMILES string of the molecule is CC[C@H]1O[C@]2(CC[C@@]1(C)O)C[C@@H]1C[C@@H](C/C=C(\C)[C@H](O)[C@@H](C)/C=C/C=C3\CO[C@@H]4/C(=N\O)C(C)=C[C@@H](C(=O)O1)[C@]34O)O2. The molecule has 0 aromatic heterocycles. The van der Waals surface area contributed by atoms with E-state index in [1.165, 1.54) is 0 Å². The number of esters is 1. The molecule has 1 aliphatic carbocycles. The van der Waals surface area contributed by atoms with Crippen molar-refractivity contribution in [1.82, 2.24) is 0 Å². The van der Waals surface area contributed by atoms with Gasteiger partial charge in [-0.3, -0.25) is 4.79 Å². The molecule has 2 bridgehead atoms. The molecule has 0 amide bonds. The normalized spacial score (nSPS) is 48.9. The van der Waals surface area contributed by atoms with Gasteiger partial charge in [-0.15, -0.1) is 0 Å². The number of nitrogens with zero attached hydrogens (tertiary/aromatic N) is 1. The van der Waals surface area contributed by atoms with Crippen LogP contribution in [0.5, 0.6) is 0 Å². The smallest absolute Gasteiger partial charge is 0.316 e. The average Bonchev–Trinajstić information content (AvgIpc) is 3.28. The van der Waals surface area contributed by atoms with Crippen molar-refractivity contribution in [3.05, 3.63) is 47.1 Å². The van der Waals surface area contributed by atoms with E-state index in [0.717, 1.165) is 5.57 Å². The number of carbonyl (C=O) groups is 1. The monoisotopic (exact) mass is 587 g/mol. The Kier molecular flexibility index (Phi) is 8.61. The maximum absolute atomic E-state index is 14.0. The Bertz CT molecular complexity index is 1220. The van der Waals surface area contributed by atoms with E-state index < -0.39 is 53.3 Å². The van der Waals surface area contributed by atoms with Crippen molar-refractivity contribution < 1.29 is 44.3 Å². The standard InChI is InChI=1S/C32H45NO9/c1-6-25-30(5,36)12-13-31(42-25)16-23-15-22(41-31)11-10-19(3)27(34)18(2)8-7-9-21-17-39-28-26(33-38)20(4)14-24(29(35)40-23)32(21,28)37/h7-10,14,18,22-25,27-28,34,36-38H,6,11-13,15-17H2,1-5H3/b8-7+,19-10+,21-9+,33-26-/t18-,22+,23-,24-,25+,27+,28+,30+,31+,32+/m0/s1. The second-order valence-corrected chi connectivity index (χ2v) is 12.9. The highest BCUT2D eigenvalue weighted by atomic mass is 16.7. The van der Waals surface area contributed by atoms with E-state index in [1.54, 1.807) is 32.1 Å². The molecule has 0 saturated carbocycles. The molecule has 4 aliphatic heterocycles. The minimum absolute atomic E-state index is 0.0277. The van der Waals surface area contributed by atoms with Crippen LogP contribution in [-0.2, 0) is 23.7 Å². The molecule has 1 spiro atoms. The molecule has 4 heterocycles. The number of fused-ring (bicyclic) bond motifs is 2. The average molecular weight is 588 g/mol. The Balaban J connectivity index is 1.55. The molecule has 0 aromatic rings. The number of hydrogen-bond donors (Lipinski definition) is 4. The van der Waals surface area contributed by atoms with Crippen LogP contribution in [0.2, 0.25) is 0 Å². The first kappa shape index (κ1) is 31.1. The number of ether oxygens (including phenoxy) is 4. The zero-order valence-electron chi connectivity index (χ0n) is 25.2. The Hall–Kier alpha value is -2.34. The third-order valence-corrected chi connectivity index (χ3v) is 9.77. The van der Waals surface area contributed by atoms with E-state index in [2.05, 4.69) is 5.16 Å². The van der Waals surface area contributed by atoms with Gasteiger partial charge in [-0.25, -0.2) is 0 Å². The number of rotatable bonds is 1. The van der Waals surface area contributed by atoms with Crippen LogP contribution >= 0.6 is 0 Å². The molecule has 0 unspecified atom stereocenters. The molecule has 10 atom stereocenters. The van der Waals surface area contributed by atoms with E-state index in [1.807, 2.05) is 32.9 Å². The third-order valence-electron chi connectivity index (χ3n) is 9.77. The fourth-order valence-corrected chi connectivity index (χ4v) is 7.17. The molecule has 4 N–H and O–H groups in total. The van der Waals surface area contributed by atoms with Crippen LogP contribution in [0, 0.1) is 11.8 Å². The quantitative estimate of drug-likeness (QED) is 0.157. The van der Waals surface area contributed by atoms with Crippen molar-refractivity contribution in [2.45, 2.75) is 121 Å². The van der Waals surface area contributed by atoms with Gasteiger partial charge in [0.15, 0.2) is 5.79 Å². The summed E-state index contributed by atoms with van der Waals surface area (Å²) < 4.78 is 25.1. The summed E-state index contributed by atoms with van der Waals surface area (Å²) in [4.78, 5) is 14.0. The van der Waals surface area contributed by atoms with E-state index in [-0.39, 0.29) is 30.8 Å². The molecule has 42 heavy (non-hydrogen) atoms. The van der Waals surface area contributed by atoms with Crippen LogP contribution in [0.1, 0.15) is 73.1 Å². The Morgan fingerprint density at radius 2 is 1.90 bits per heavy atom. The lowest BCUT2D eigenvalue weighted by Gasteiger charge is -2.52. The van der Waals surface area contributed by atoms with Crippen molar-refractivity contribution in [3.8, 4) is 0 Å². The van der Waals surface area contributed by atoms with Crippen molar-refractivity contribution >= 4 is 11.7 Å². The lowest BCUT2D eigenvalue weighted by Crippen LogP contribution is -2.59. The molecule has 0 radical (unpaired) electrons. The Morgan fingerprint density at radius 3 is 2.62 bits per heavy atom. The summed E-state index contributed by atoms with van der Waals surface area (Å²) in [6, 6.07) is 0. The van der Waals surface area contributed by atoms with Crippen LogP contribution in [0.4, 0.5) is 0 Å². The zero-order valence-corrected chi connectivity index (χ0v) is 25.2. The fourth-order valence-electron chi connectivity index (χ4n) is 7.17. The summed E-state index contributed by atoms with van der Waals surface area (Å²) in [7, 11) is 0. The maximum atomic E-state index is 14.0. The molecule has 3 saturated heterocycles. The van der Waals surface area contributed by atoms with Gasteiger partial charge in [-0.05, 0) is 56.8 Å². The third kappa shape index (κ3) is 5.53. The topological polar surface area (TPSA) is 147 Å². The largest absolute Gasteiger partial charge is 0.462 e. The van der Waals surface area contributed by atoms with E-state index in [0.29, 0.717) is 43.3 Å². The number of oxime groups is 1. The maximum Gasteiger partial charge on any atom is 0.316 e. The Morgan fingerprint density at radius 1 is 1.14 bits per heavy atom. The predicted molar refractivity (Wildman–Crippen MR) is 154 cm³/mol. The van der Waals surface area contributed by atoms with Gasteiger partial charge in [0, 0.05) is 25.2 Å². The number of aliphatic hydroxyl groups is 3. The van der Waals surface area contributed by atoms with Gasteiger partial charge in [0.05, 0.1) is 30.5 Å². The summed E-state index contributed by atoms with van der Waals surface area (Å²) in [6.07, 6.45) is 8.30. The van der Waals surface area contributed by atoms with Crippen LogP contribution < -0.4 is 0 Å². The first-order valence-electron chi connectivity index (χ1n) is 15.1. The van der Waals surface area contributed by atoms with Gasteiger partial charge < -0.3 is 39.5 Å². The molecule has 10 heteroatoms. The van der Waals surface area contributed by atoms with Gasteiger partial charge in [0.2, 0.25) is 0 Å². The first-order chi connectivity index (χ1) is 19.8. The van der Waals surface area contributed by atoms with Crippen LogP contribution in [0.25, 0.3) is 0 Å². The predicted octanol–water partition coefficient (Wildman–Crippen LogP) is 3.48. The Labute approximate surface area is 247 Å². The second kappa shape index (κ2) is 11.6. The summed E-state index contributed by atoms with van der Waals surface area (Å²) >= 11 is 0. The van der Waals surface area contributed by atoms with Crippen molar-refractivity contribution in [1.29, 1.82) is 0 Å². The second-order valence-electron chi connectivity index (χ2n) is 12.9. The van der Waals surface area contributed by atoms with Gasteiger partial charge in [-0.2, -0.15) is 0 Å². The molecule has 5 rings (SSSR count).